The molecule has 1 aliphatic rings. The van der Waals surface area contributed by atoms with Crippen molar-refractivity contribution in [3.05, 3.63) is 52.5 Å². The summed E-state index contributed by atoms with van der Waals surface area (Å²) in [7, 11) is 0. The van der Waals surface area contributed by atoms with Crippen molar-refractivity contribution in [3.63, 3.8) is 0 Å². The standard InChI is InChI=1S/C16H16ClNO2/c1-11-9-13(17)5-6-14(11)18-10-12-3-2-4-15-16(12)20-8-7-19-15/h2-6,9,18H,7-8,10H2,1H3. The number of anilines is 1. The van der Waals surface area contributed by atoms with Crippen molar-refractivity contribution < 1.29 is 9.47 Å². The summed E-state index contributed by atoms with van der Waals surface area (Å²) in [5.41, 5.74) is 3.29. The Bertz CT molecular complexity index is 628. The molecule has 104 valence electrons. The summed E-state index contributed by atoms with van der Waals surface area (Å²) in [4.78, 5) is 0. The molecule has 0 radical (unpaired) electrons. The molecule has 20 heavy (non-hydrogen) atoms. The minimum Gasteiger partial charge on any atom is -0.486 e. The van der Waals surface area contributed by atoms with Gasteiger partial charge < -0.3 is 14.8 Å². The van der Waals surface area contributed by atoms with Gasteiger partial charge in [-0.1, -0.05) is 23.7 Å². The highest BCUT2D eigenvalue weighted by Crippen LogP contribution is 2.34. The van der Waals surface area contributed by atoms with Crippen molar-refractivity contribution in [1.82, 2.24) is 0 Å². The fraction of sp³-hybridized carbons (Fsp3) is 0.250. The van der Waals surface area contributed by atoms with Gasteiger partial charge in [-0.15, -0.1) is 0 Å². The lowest BCUT2D eigenvalue weighted by Gasteiger charge is -2.21. The van der Waals surface area contributed by atoms with Crippen molar-refractivity contribution >= 4 is 17.3 Å². The van der Waals surface area contributed by atoms with Crippen LogP contribution in [0.2, 0.25) is 5.02 Å². The first-order valence-electron chi connectivity index (χ1n) is 6.61. The van der Waals surface area contributed by atoms with E-state index in [0.717, 1.165) is 33.3 Å². The van der Waals surface area contributed by atoms with Crippen LogP contribution < -0.4 is 14.8 Å². The minimum atomic E-state index is 0.601. The van der Waals surface area contributed by atoms with E-state index >= 15 is 0 Å². The van der Waals surface area contributed by atoms with Crippen LogP contribution in [0.25, 0.3) is 0 Å². The number of halogens is 1. The number of hydrogen-bond acceptors (Lipinski definition) is 3. The number of nitrogens with one attached hydrogen (secondary N) is 1. The van der Waals surface area contributed by atoms with Crippen LogP contribution in [0.1, 0.15) is 11.1 Å². The Balaban J connectivity index is 1.78. The van der Waals surface area contributed by atoms with E-state index in [0.29, 0.717) is 19.8 Å². The Morgan fingerprint density at radius 1 is 1.15 bits per heavy atom. The zero-order valence-corrected chi connectivity index (χ0v) is 12.0. The SMILES string of the molecule is Cc1cc(Cl)ccc1NCc1cccc2c1OCCO2. The van der Waals surface area contributed by atoms with Crippen LogP contribution in [-0.4, -0.2) is 13.2 Å². The topological polar surface area (TPSA) is 30.5 Å². The van der Waals surface area contributed by atoms with Gasteiger partial charge in [0.15, 0.2) is 11.5 Å². The second-order valence-electron chi connectivity index (χ2n) is 4.75. The molecule has 3 rings (SSSR count). The van der Waals surface area contributed by atoms with E-state index in [1.165, 1.54) is 0 Å². The van der Waals surface area contributed by atoms with E-state index in [9.17, 15) is 0 Å². The molecule has 1 N–H and O–H groups in total. The predicted molar refractivity (Wildman–Crippen MR) is 80.9 cm³/mol. The molecule has 2 aromatic rings. The Kier molecular flexibility index (Phi) is 3.70. The van der Waals surface area contributed by atoms with Crippen LogP contribution in [-0.2, 0) is 6.54 Å². The summed E-state index contributed by atoms with van der Waals surface area (Å²) in [5.74, 6) is 1.67. The summed E-state index contributed by atoms with van der Waals surface area (Å²) >= 11 is 5.96. The lowest BCUT2D eigenvalue weighted by molar-refractivity contribution is 0.170. The van der Waals surface area contributed by atoms with E-state index in [4.69, 9.17) is 21.1 Å². The van der Waals surface area contributed by atoms with E-state index in [1.807, 2.05) is 43.3 Å². The molecular weight excluding hydrogens is 274 g/mol. The molecule has 4 heteroatoms. The molecule has 0 unspecified atom stereocenters. The van der Waals surface area contributed by atoms with Crippen molar-refractivity contribution in [2.24, 2.45) is 0 Å². The minimum absolute atomic E-state index is 0.601. The Hall–Kier alpha value is -1.87. The van der Waals surface area contributed by atoms with Gasteiger partial charge in [-0.2, -0.15) is 0 Å². The maximum absolute atomic E-state index is 5.96. The van der Waals surface area contributed by atoms with Crippen molar-refractivity contribution in [2.45, 2.75) is 13.5 Å². The molecule has 0 amide bonds. The average Bonchev–Trinajstić information content (AvgIpc) is 2.46. The van der Waals surface area contributed by atoms with Crippen LogP contribution in [0.4, 0.5) is 5.69 Å². The molecule has 3 nitrogen and oxygen atoms in total. The first kappa shape index (κ1) is 13.1. The maximum atomic E-state index is 5.96. The van der Waals surface area contributed by atoms with Gasteiger partial charge in [0.25, 0.3) is 0 Å². The maximum Gasteiger partial charge on any atom is 0.166 e. The van der Waals surface area contributed by atoms with Crippen LogP contribution in [0.5, 0.6) is 11.5 Å². The normalized spacial score (nSPS) is 13.1. The van der Waals surface area contributed by atoms with E-state index in [1.54, 1.807) is 0 Å². The molecule has 0 bridgehead atoms. The third-order valence-electron chi connectivity index (χ3n) is 3.31. The highest BCUT2D eigenvalue weighted by Gasteiger charge is 2.15. The summed E-state index contributed by atoms with van der Waals surface area (Å²) < 4.78 is 11.3. The summed E-state index contributed by atoms with van der Waals surface area (Å²) in [6.45, 7) is 3.94. The zero-order valence-electron chi connectivity index (χ0n) is 11.3. The van der Waals surface area contributed by atoms with E-state index < -0.39 is 0 Å². The van der Waals surface area contributed by atoms with Crippen LogP contribution in [0, 0.1) is 6.92 Å². The van der Waals surface area contributed by atoms with E-state index in [-0.39, 0.29) is 0 Å². The molecule has 2 aromatic carbocycles. The predicted octanol–water partition coefficient (Wildman–Crippen LogP) is 4.03. The second kappa shape index (κ2) is 5.63. The van der Waals surface area contributed by atoms with Crippen molar-refractivity contribution in [2.75, 3.05) is 18.5 Å². The van der Waals surface area contributed by atoms with Crippen molar-refractivity contribution in [3.8, 4) is 11.5 Å². The van der Waals surface area contributed by atoms with Crippen LogP contribution in [0.3, 0.4) is 0 Å². The van der Waals surface area contributed by atoms with Gasteiger partial charge in [-0.25, -0.2) is 0 Å². The Morgan fingerprint density at radius 2 is 2.00 bits per heavy atom. The molecular formula is C16H16ClNO2. The number of ether oxygens (including phenoxy) is 2. The largest absolute Gasteiger partial charge is 0.486 e. The first-order valence-corrected chi connectivity index (χ1v) is 6.99. The molecule has 0 spiro atoms. The quantitative estimate of drug-likeness (QED) is 0.925. The lowest BCUT2D eigenvalue weighted by Crippen LogP contribution is -2.17. The fourth-order valence-electron chi connectivity index (χ4n) is 2.29. The van der Waals surface area contributed by atoms with E-state index in [2.05, 4.69) is 5.32 Å². The highest BCUT2D eigenvalue weighted by molar-refractivity contribution is 6.30. The van der Waals surface area contributed by atoms with Gasteiger partial charge in [-0.3, -0.25) is 0 Å². The second-order valence-corrected chi connectivity index (χ2v) is 5.19. The molecule has 0 saturated carbocycles. The van der Waals surface area contributed by atoms with Gasteiger partial charge in [0.2, 0.25) is 0 Å². The number of aryl methyl sites for hydroxylation is 1. The Morgan fingerprint density at radius 3 is 2.85 bits per heavy atom. The first-order chi connectivity index (χ1) is 9.74. The highest BCUT2D eigenvalue weighted by atomic mass is 35.5. The molecule has 1 heterocycles. The fourth-order valence-corrected chi connectivity index (χ4v) is 2.52. The van der Waals surface area contributed by atoms with Crippen molar-refractivity contribution in [1.29, 1.82) is 0 Å². The smallest absolute Gasteiger partial charge is 0.166 e. The third-order valence-corrected chi connectivity index (χ3v) is 3.54. The Labute approximate surface area is 123 Å². The summed E-state index contributed by atoms with van der Waals surface area (Å²) in [6.07, 6.45) is 0. The molecule has 1 aliphatic heterocycles. The number of hydrogen-bond donors (Lipinski definition) is 1. The number of para-hydroxylation sites is 1. The number of fused-ring (bicyclic) bond motifs is 1. The molecule has 0 saturated heterocycles. The van der Waals surface area contributed by atoms with Crippen LogP contribution in [0.15, 0.2) is 36.4 Å². The molecule has 0 fully saturated rings. The van der Waals surface area contributed by atoms with Gasteiger partial charge in [0.1, 0.15) is 13.2 Å². The number of benzene rings is 2. The van der Waals surface area contributed by atoms with Gasteiger partial charge in [0.05, 0.1) is 0 Å². The molecule has 0 aliphatic carbocycles. The van der Waals surface area contributed by atoms with Gasteiger partial charge in [0, 0.05) is 22.8 Å². The molecule has 0 aromatic heterocycles. The zero-order chi connectivity index (χ0) is 13.9. The number of rotatable bonds is 3. The third kappa shape index (κ3) is 2.68. The van der Waals surface area contributed by atoms with Gasteiger partial charge >= 0.3 is 0 Å². The average molecular weight is 290 g/mol. The summed E-state index contributed by atoms with van der Waals surface area (Å²) in [5, 5.41) is 4.16. The summed E-state index contributed by atoms with van der Waals surface area (Å²) in [6, 6.07) is 11.8. The van der Waals surface area contributed by atoms with Crippen LogP contribution >= 0.6 is 11.6 Å². The molecule has 0 atom stereocenters. The lowest BCUT2D eigenvalue weighted by atomic mass is 10.1. The van der Waals surface area contributed by atoms with Gasteiger partial charge in [-0.05, 0) is 36.8 Å². The monoisotopic (exact) mass is 289 g/mol.